The highest BCUT2D eigenvalue weighted by Gasteiger charge is 2.32. The summed E-state index contributed by atoms with van der Waals surface area (Å²) in [5.41, 5.74) is 6.42. The van der Waals surface area contributed by atoms with E-state index < -0.39 is 9.84 Å². The zero-order chi connectivity index (χ0) is 13.3. The van der Waals surface area contributed by atoms with Gasteiger partial charge in [-0.15, -0.1) is 0 Å². The van der Waals surface area contributed by atoms with Gasteiger partial charge in [0.2, 0.25) is 0 Å². The lowest BCUT2D eigenvalue weighted by atomic mass is 9.94. The second kappa shape index (κ2) is 5.15. The SMILES string of the molecule is NC(Cc1cc(Cl)ccc1F)C1CCS(=O)(=O)C1. The third-order valence-electron chi connectivity index (χ3n) is 3.34. The van der Waals surface area contributed by atoms with Crippen molar-refractivity contribution in [2.75, 3.05) is 11.5 Å². The maximum Gasteiger partial charge on any atom is 0.150 e. The van der Waals surface area contributed by atoms with Gasteiger partial charge in [-0.3, -0.25) is 0 Å². The van der Waals surface area contributed by atoms with Crippen LogP contribution >= 0.6 is 11.6 Å². The van der Waals surface area contributed by atoms with E-state index in [1.54, 1.807) is 6.07 Å². The lowest BCUT2D eigenvalue weighted by Gasteiger charge is -2.18. The van der Waals surface area contributed by atoms with E-state index in [1.807, 2.05) is 0 Å². The van der Waals surface area contributed by atoms with Crippen LogP contribution < -0.4 is 5.73 Å². The molecule has 100 valence electrons. The molecule has 1 fully saturated rings. The van der Waals surface area contributed by atoms with Gasteiger partial charge in [-0.1, -0.05) is 11.6 Å². The van der Waals surface area contributed by atoms with Gasteiger partial charge in [0.05, 0.1) is 11.5 Å². The monoisotopic (exact) mass is 291 g/mol. The number of sulfone groups is 1. The number of nitrogens with two attached hydrogens (primary N) is 1. The van der Waals surface area contributed by atoms with E-state index in [0.717, 1.165) is 0 Å². The molecule has 2 unspecified atom stereocenters. The molecule has 1 aromatic rings. The first kappa shape index (κ1) is 13.8. The van der Waals surface area contributed by atoms with Gasteiger partial charge in [0.25, 0.3) is 0 Å². The van der Waals surface area contributed by atoms with Gasteiger partial charge in [-0.2, -0.15) is 0 Å². The Kier molecular flexibility index (Phi) is 3.94. The largest absolute Gasteiger partial charge is 0.327 e. The summed E-state index contributed by atoms with van der Waals surface area (Å²) in [6, 6.07) is 3.97. The summed E-state index contributed by atoms with van der Waals surface area (Å²) in [5, 5.41) is 0.456. The lowest BCUT2D eigenvalue weighted by molar-refractivity contribution is 0.453. The Balaban J connectivity index is 2.08. The second-order valence-corrected chi connectivity index (χ2v) is 7.43. The number of halogens is 2. The minimum atomic E-state index is -2.95. The van der Waals surface area contributed by atoms with E-state index in [-0.39, 0.29) is 29.3 Å². The quantitative estimate of drug-likeness (QED) is 0.923. The second-order valence-electron chi connectivity index (χ2n) is 4.77. The van der Waals surface area contributed by atoms with Crippen molar-refractivity contribution in [3.05, 3.63) is 34.6 Å². The molecule has 0 aliphatic carbocycles. The molecule has 0 radical (unpaired) electrons. The van der Waals surface area contributed by atoms with Crippen LogP contribution in [0.4, 0.5) is 4.39 Å². The maximum atomic E-state index is 13.5. The average Bonchev–Trinajstić information content (AvgIpc) is 2.64. The summed E-state index contributed by atoms with van der Waals surface area (Å²) in [4.78, 5) is 0. The van der Waals surface area contributed by atoms with Crippen molar-refractivity contribution in [1.82, 2.24) is 0 Å². The molecule has 1 aliphatic rings. The molecule has 0 bridgehead atoms. The van der Waals surface area contributed by atoms with Gasteiger partial charge in [0, 0.05) is 11.1 Å². The van der Waals surface area contributed by atoms with Crippen LogP contribution in [0.15, 0.2) is 18.2 Å². The Morgan fingerprint density at radius 2 is 2.22 bits per heavy atom. The number of rotatable bonds is 3. The van der Waals surface area contributed by atoms with Crippen LogP contribution in [-0.4, -0.2) is 26.0 Å². The normalized spacial score (nSPS) is 24.1. The number of hydrogen-bond donors (Lipinski definition) is 1. The van der Waals surface area contributed by atoms with Crippen LogP contribution in [-0.2, 0) is 16.3 Å². The van der Waals surface area contributed by atoms with Crippen LogP contribution in [0, 0.1) is 11.7 Å². The number of benzene rings is 1. The fraction of sp³-hybridized carbons (Fsp3) is 0.500. The van der Waals surface area contributed by atoms with Crippen LogP contribution in [0.25, 0.3) is 0 Å². The van der Waals surface area contributed by atoms with Crippen LogP contribution in [0.5, 0.6) is 0 Å². The molecule has 0 spiro atoms. The molecule has 2 atom stereocenters. The van der Waals surface area contributed by atoms with Gasteiger partial charge >= 0.3 is 0 Å². The Bertz CT molecular complexity index is 547. The van der Waals surface area contributed by atoms with Crippen LogP contribution in [0.2, 0.25) is 5.02 Å². The van der Waals surface area contributed by atoms with Crippen LogP contribution in [0.3, 0.4) is 0 Å². The summed E-state index contributed by atoms with van der Waals surface area (Å²) >= 11 is 5.80. The van der Waals surface area contributed by atoms with Gasteiger partial charge in [-0.25, -0.2) is 12.8 Å². The van der Waals surface area contributed by atoms with Crippen molar-refractivity contribution in [3.63, 3.8) is 0 Å². The van der Waals surface area contributed by atoms with Crippen molar-refractivity contribution >= 4 is 21.4 Å². The van der Waals surface area contributed by atoms with Crippen molar-refractivity contribution in [2.45, 2.75) is 18.9 Å². The molecule has 2 N–H and O–H groups in total. The first-order chi connectivity index (χ1) is 8.37. The van der Waals surface area contributed by atoms with E-state index >= 15 is 0 Å². The molecular formula is C12H15ClFNO2S. The predicted molar refractivity (Wildman–Crippen MR) is 69.9 cm³/mol. The highest BCUT2D eigenvalue weighted by Crippen LogP contribution is 2.24. The molecule has 1 aliphatic heterocycles. The zero-order valence-electron chi connectivity index (χ0n) is 9.77. The summed E-state index contributed by atoms with van der Waals surface area (Å²) in [6.07, 6.45) is 0.873. The molecule has 18 heavy (non-hydrogen) atoms. The maximum absolute atomic E-state index is 13.5. The standard InChI is InChI=1S/C12H15ClFNO2S/c13-10-1-2-11(14)9(5-10)6-12(15)8-3-4-18(16,17)7-8/h1-2,5,8,12H,3-4,6-7,15H2. The average molecular weight is 292 g/mol. The van der Waals surface area contributed by atoms with Crippen molar-refractivity contribution < 1.29 is 12.8 Å². The summed E-state index contributed by atoms with van der Waals surface area (Å²) < 4.78 is 36.3. The first-order valence-corrected chi connectivity index (χ1v) is 7.97. The highest BCUT2D eigenvalue weighted by atomic mass is 35.5. The minimum Gasteiger partial charge on any atom is -0.327 e. The Labute approximate surface area is 111 Å². The highest BCUT2D eigenvalue weighted by molar-refractivity contribution is 7.91. The Hall–Kier alpha value is -0.650. The zero-order valence-corrected chi connectivity index (χ0v) is 11.3. The number of hydrogen-bond acceptors (Lipinski definition) is 3. The molecule has 3 nitrogen and oxygen atoms in total. The fourth-order valence-electron chi connectivity index (χ4n) is 2.28. The van der Waals surface area contributed by atoms with Gasteiger partial charge in [-0.05, 0) is 42.5 Å². The van der Waals surface area contributed by atoms with E-state index in [0.29, 0.717) is 23.4 Å². The molecule has 1 aromatic carbocycles. The minimum absolute atomic E-state index is 0.0895. The first-order valence-electron chi connectivity index (χ1n) is 5.77. The molecule has 1 saturated heterocycles. The smallest absolute Gasteiger partial charge is 0.150 e. The topological polar surface area (TPSA) is 60.2 Å². The third kappa shape index (κ3) is 3.22. The van der Waals surface area contributed by atoms with Crippen LogP contribution in [0.1, 0.15) is 12.0 Å². The van der Waals surface area contributed by atoms with E-state index in [1.165, 1.54) is 12.1 Å². The molecule has 1 heterocycles. The molecule has 0 saturated carbocycles. The molecule has 2 rings (SSSR count). The molecular weight excluding hydrogens is 277 g/mol. The summed E-state index contributed by atoms with van der Waals surface area (Å²) in [6.45, 7) is 0. The Morgan fingerprint density at radius 1 is 1.50 bits per heavy atom. The predicted octanol–water partition coefficient (Wildman–Crippen LogP) is 1.78. The molecule has 0 amide bonds. The van der Waals surface area contributed by atoms with E-state index in [9.17, 15) is 12.8 Å². The fourth-order valence-corrected chi connectivity index (χ4v) is 4.37. The molecule has 6 heteroatoms. The third-order valence-corrected chi connectivity index (χ3v) is 5.37. The van der Waals surface area contributed by atoms with Crippen molar-refractivity contribution in [2.24, 2.45) is 11.7 Å². The van der Waals surface area contributed by atoms with Gasteiger partial charge in [0.1, 0.15) is 5.82 Å². The summed E-state index contributed by atoms with van der Waals surface area (Å²) in [7, 11) is -2.95. The Morgan fingerprint density at radius 3 is 2.83 bits per heavy atom. The van der Waals surface area contributed by atoms with E-state index in [4.69, 9.17) is 17.3 Å². The van der Waals surface area contributed by atoms with Crippen molar-refractivity contribution in [1.29, 1.82) is 0 Å². The van der Waals surface area contributed by atoms with Gasteiger partial charge < -0.3 is 5.73 Å². The lowest BCUT2D eigenvalue weighted by Crippen LogP contribution is -2.33. The van der Waals surface area contributed by atoms with Crippen molar-refractivity contribution in [3.8, 4) is 0 Å². The van der Waals surface area contributed by atoms with Gasteiger partial charge in [0.15, 0.2) is 9.84 Å². The summed E-state index contributed by atoms with van der Waals surface area (Å²) in [5.74, 6) is -0.149. The van der Waals surface area contributed by atoms with E-state index in [2.05, 4.69) is 0 Å². The molecule has 0 aromatic heterocycles.